The number of carbonyl (C=O) groups excluding carboxylic acids is 3. The molecule has 0 saturated heterocycles. The topological polar surface area (TPSA) is 104 Å². The lowest BCUT2D eigenvalue weighted by atomic mass is 10.1. The van der Waals surface area contributed by atoms with Crippen molar-refractivity contribution in [2.75, 3.05) is 5.32 Å². The minimum absolute atomic E-state index is 0.166. The van der Waals surface area contributed by atoms with E-state index in [1.54, 1.807) is 36.4 Å². The molecule has 1 aliphatic rings. The molecular formula is C19H15ClN2O5. The summed E-state index contributed by atoms with van der Waals surface area (Å²) in [6, 6.07) is 11.2. The fourth-order valence-corrected chi connectivity index (χ4v) is 3.00. The first-order chi connectivity index (χ1) is 12.9. The third kappa shape index (κ3) is 3.83. The number of carboxylic acid groups (broad SMARTS) is 1. The number of nitrogens with zero attached hydrogens (tertiary/aromatic N) is 1. The normalized spacial score (nSPS) is 14.0. The van der Waals surface area contributed by atoms with E-state index in [1.807, 2.05) is 0 Å². The van der Waals surface area contributed by atoms with Crippen LogP contribution in [-0.4, -0.2) is 39.7 Å². The molecule has 27 heavy (non-hydrogen) atoms. The van der Waals surface area contributed by atoms with Crippen LogP contribution >= 0.6 is 11.6 Å². The molecule has 1 heterocycles. The molecule has 0 fully saturated rings. The summed E-state index contributed by atoms with van der Waals surface area (Å²) in [5.74, 6) is -3.11. The molecule has 1 aliphatic heterocycles. The molecule has 0 bridgehead atoms. The third-order valence-corrected chi connectivity index (χ3v) is 4.45. The van der Waals surface area contributed by atoms with Crippen molar-refractivity contribution in [2.24, 2.45) is 0 Å². The zero-order chi connectivity index (χ0) is 19.6. The van der Waals surface area contributed by atoms with E-state index in [-0.39, 0.29) is 24.0 Å². The highest BCUT2D eigenvalue weighted by Crippen LogP contribution is 2.26. The number of carbonyl (C=O) groups is 4. The van der Waals surface area contributed by atoms with Gasteiger partial charge in [0.05, 0.1) is 11.1 Å². The maximum atomic E-state index is 12.4. The van der Waals surface area contributed by atoms with E-state index in [0.29, 0.717) is 15.6 Å². The number of carboxylic acids is 1. The summed E-state index contributed by atoms with van der Waals surface area (Å²) in [7, 11) is 0. The Morgan fingerprint density at radius 3 is 2.07 bits per heavy atom. The number of hydrogen-bond acceptors (Lipinski definition) is 4. The Morgan fingerprint density at radius 2 is 1.56 bits per heavy atom. The van der Waals surface area contributed by atoms with Crippen LogP contribution in [0.4, 0.5) is 5.69 Å². The van der Waals surface area contributed by atoms with E-state index in [4.69, 9.17) is 11.6 Å². The highest BCUT2D eigenvalue weighted by Gasteiger charge is 2.42. The molecule has 0 aromatic heterocycles. The van der Waals surface area contributed by atoms with Crippen LogP contribution in [0.1, 0.15) is 33.6 Å². The summed E-state index contributed by atoms with van der Waals surface area (Å²) in [6.45, 7) is 0. The Kier molecular flexibility index (Phi) is 5.23. The molecule has 1 atom stereocenters. The van der Waals surface area contributed by atoms with Gasteiger partial charge in [-0.05, 0) is 42.8 Å². The maximum Gasteiger partial charge on any atom is 0.326 e. The molecule has 8 heteroatoms. The van der Waals surface area contributed by atoms with Gasteiger partial charge in [-0.15, -0.1) is 0 Å². The van der Waals surface area contributed by atoms with Crippen LogP contribution in [0.3, 0.4) is 0 Å². The summed E-state index contributed by atoms with van der Waals surface area (Å²) >= 11 is 5.78. The molecule has 0 saturated carbocycles. The van der Waals surface area contributed by atoms with Gasteiger partial charge in [-0.1, -0.05) is 23.7 Å². The van der Waals surface area contributed by atoms with Crippen molar-refractivity contribution in [3.05, 3.63) is 64.7 Å². The van der Waals surface area contributed by atoms with Gasteiger partial charge in [-0.25, -0.2) is 4.79 Å². The SMILES string of the molecule is O=C(CCC(C(=O)O)N1C(=O)c2ccccc2C1=O)Nc1ccc(Cl)cc1. The first kappa shape index (κ1) is 18.6. The van der Waals surface area contributed by atoms with Gasteiger partial charge in [-0.3, -0.25) is 19.3 Å². The fourth-order valence-electron chi connectivity index (χ4n) is 2.88. The van der Waals surface area contributed by atoms with E-state index in [0.717, 1.165) is 0 Å². The monoisotopic (exact) mass is 386 g/mol. The van der Waals surface area contributed by atoms with E-state index in [2.05, 4.69) is 5.32 Å². The summed E-state index contributed by atoms with van der Waals surface area (Å²) in [6.07, 6.45) is -0.368. The Hall–Kier alpha value is -3.19. The van der Waals surface area contributed by atoms with Gasteiger partial charge >= 0.3 is 5.97 Å². The predicted octanol–water partition coefficient (Wildman–Crippen LogP) is 2.81. The van der Waals surface area contributed by atoms with Crippen molar-refractivity contribution < 1.29 is 24.3 Å². The number of hydrogen-bond donors (Lipinski definition) is 2. The second-order valence-corrected chi connectivity index (χ2v) is 6.41. The van der Waals surface area contributed by atoms with Crippen molar-refractivity contribution in [1.29, 1.82) is 0 Å². The van der Waals surface area contributed by atoms with Crippen LogP contribution in [0, 0.1) is 0 Å². The summed E-state index contributed by atoms with van der Waals surface area (Å²) in [5, 5.41) is 12.6. The van der Waals surface area contributed by atoms with Gasteiger partial charge in [0.25, 0.3) is 11.8 Å². The van der Waals surface area contributed by atoms with Crippen molar-refractivity contribution >= 4 is 41.0 Å². The van der Waals surface area contributed by atoms with Gasteiger partial charge in [0.1, 0.15) is 6.04 Å². The second-order valence-electron chi connectivity index (χ2n) is 5.97. The van der Waals surface area contributed by atoms with Gasteiger partial charge < -0.3 is 10.4 Å². The highest BCUT2D eigenvalue weighted by molar-refractivity contribution is 6.30. The predicted molar refractivity (Wildman–Crippen MR) is 97.7 cm³/mol. The van der Waals surface area contributed by atoms with Crippen LogP contribution in [0.2, 0.25) is 5.02 Å². The number of rotatable bonds is 6. The lowest BCUT2D eigenvalue weighted by Crippen LogP contribution is -2.45. The van der Waals surface area contributed by atoms with Gasteiger partial charge in [0.15, 0.2) is 0 Å². The first-order valence-corrected chi connectivity index (χ1v) is 8.51. The largest absolute Gasteiger partial charge is 0.480 e. The molecule has 2 aromatic carbocycles. The van der Waals surface area contributed by atoms with Gasteiger partial charge in [0, 0.05) is 17.1 Å². The molecule has 0 aliphatic carbocycles. The molecule has 1 unspecified atom stereocenters. The zero-order valence-electron chi connectivity index (χ0n) is 14.0. The number of nitrogens with one attached hydrogen (secondary N) is 1. The minimum Gasteiger partial charge on any atom is -0.480 e. The Bertz CT molecular complexity index is 891. The van der Waals surface area contributed by atoms with E-state index < -0.39 is 29.7 Å². The standard InChI is InChI=1S/C19H15ClN2O5/c20-11-5-7-12(8-6-11)21-16(23)10-9-15(19(26)27)22-17(24)13-3-1-2-4-14(13)18(22)25/h1-8,15H,9-10H2,(H,21,23)(H,26,27). The Morgan fingerprint density at radius 1 is 1.00 bits per heavy atom. The van der Waals surface area contributed by atoms with Crippen molar-refractivity contribution in [2.45, 2.75) is 18.9 Å². The van der Waals surface area contributed by atoms with Crippen molar-refractivity contribution in [3.8, 4) is 0 Å². The van der Waals surface area contributed by atoms with Crippen molar-refractivity contribution in [1.82, 2.24) is 4.90 Å². The van der Waals surface area contributed by atoms with Crippen LogP contribution < -0.4 is 5.32 Å². The van der Waals surface area contributed by atoms with Gasteiger partial charge in [0.2, 0.25) is 5.91 Å². The summed E-state index contributed by atoms with van der Waals surface area (Å²) in [4.78, 5) is 49.3. The van der Waals surface area contributed by atoms with Crippen LogP contribution in [0.15, 0.2) is 48.5 Å². The number of halogens is 1. The van der Waals surface area contributed by atoms with E-state index in [1.165, 1.54) is 12.1 Å². The fraction of sp³-hybridized carbons (Fsp3) is 0.158. The lowest BCUT2D eigenvalue weighted by Gasteiger charge is -2.22. The lowest BCUT2D eigenvalue weighted by molar-refractivity contribution is -0.141. The quantitative estimate of drug-likeness (QED) is 0.743. The first-order valence-electron chi connectivity index (χ1n) is 8.13. The molecule has 2 aromatic rings. The molecule has 0 radical (unpaired) electrons. The highest BCUT2D eigenvalue weighted by atomic mass is 35.5. The number of benzene rings is 2. The number of amides is 3. The van der Waals surface area contributed by atoms with E-state index in [9.17, 15) is 24.3 Å². The Balaban J connectivity index is 1.69. The van der Waals surface area contributed by atoms with Crippen LogP contribution in [0.25, 0.3) is 0 Å². The molecular weight excluding hydrogens is 372 g/mol. The number of fused-ring (bicyclic) bond motifs is 1. The molecule has 138 valence electrons. The average Bonchev–Trinajstić information content (AvgIpc) is 2.89. The average molecular weight is 387 g/mol. The molecule has 0 spiro atoms. The molecule has 7 nitrogen and oxygen atoms in total. The number of imide groups is 1. The second kappa shape index (κ2) is 7.59. The minimum atomic E-state index is -1.42. The zero-order valence-corrected chi connectivity index (χ0v) is 14.8. The van der Waals surface area contributed by atoms with Crippen molar-refractivity contribution in [3.63, 3.8) is 0 Å². The summed E-state index contributed by atoms with van der Waals surface area (Å²) < 4.78 is 0. The van der Waals surface area contributed by atoms with Crippen LogP contribution in [0.5, 0.6) is 0 Å². The van der Waals surface area contributed by atoms with E-state index >= 15 is 0 Å². The number of aliphatic carboxylic acids is 1. The van der Waals surface area contributed by atoms with Crippen LogP contribution in [-0.2, 0) is 9.59 Å². The Labute approximate surface area is 159 Å². The maximum absolute atomic E-state index is 12.4. The summed E-state index contributed by atoms with van der Waals surface area (Å²) in [5.41, 5.74) is 0.843. The van der Waals surface area contributed by atoms with Gasteiger partial charge in [-0.2, -0.15) is 0 Å². The molecule has 3 rings (SSSR count). The third-order valence-electron chi connectivity index (χ3n) is 4.20. The smallest absolute Gasteiger partial charge is 0.326 e. The number of anilines is 1. The molecule has 2 N–H and O–H groups in total. The molecule has 3 amide bonds.